The van der Waals surface area contributed by atoms with Crippen LogP contribution in [0.2, 0.25) is 0 Å². The first-order valence-electron chi connectivity index (χ1n) is 7.02. The summed E-state index contributed by atoms with van der Waals surface area (Å²) in [6.07, 6.45) is 3.02. The summed E-state index contributed by atoms with van der Waals surface area (Å²) >= 11 is 0. The van der Waals surface area contributed by atoms with Crippen molar-refractivity contribution in [3.63, 3.8) is 0 Å². The number of carbonyl (C=O) groups excluding carboxylic acids is 1. The molecular weight excluding hydrogens is 222 g/mol. The van der Waals surface area contributed by atoms with Gasteiger partial charge >= 0.3 is 0 Å². The van der Waals surface area contributed by atoms with E-state index in [1.165, 1.54) is 12.8 Å². The monoisotopic (exact) mass is 245 g/mol. The molecule has 0 saturated carbocycles. The third-order valence-corrected chi connectivity index (χ3v) is 3.97. The van der Waals surface area contributed by atoms with E-state index in [9.17, 15) is 4.79 Å². The van der Waals surface area contributed by atoms with Gasteiger partial charge in [-0.25, -0.2) is 0 Å². The van der Waals surface area contributed by atoms with Crippen molar-refractivity contribution < 1.29 is 4.79 Å². The molecular formula is C16H23NO. The molecule has 0 amide bonds. The van der Waals surface area contributed by atoms with Crippen molar-refractivity contribution in [3.05, 3.63) is 29.8 Å². The van der Waals surface area contributed by atoms with Gasteiger partial charge in [0.15, 0.2) is 5.78 Å². The second kappa shape index (κ2) is 5.55. The highest BCUT2D eigenvalue weighted by molar-refractivity contribution is 6.01. The average Bonchev–Trinajstić information content (AvgIpc) is 2.38. The van der Waals surface area contributed by atoms with E-state index in [1.807, 2.05) is 25.1 Å². The van der Waals surface area contributed by atoms with Crippen molar-refractivity contribution in [2.75, 3.05) is 11.4 Å². The minimum Gasteiger partial charge on any atom is -0.368 e. The average molecular weight is 245 g/mol. The fourth-order valence-corrected chi connectivity index (χ4v) is 2.92. The SMILES string of the molecule is CCC(=O)c1ccccc1N1CCC(C)CC1C. The Kier molecular flexibility index (Phi) is 4.05. The molecule has 1 aromatic rings. The third-order valence-electron chi connectivity index (χ3n) is 3.97. The van der Waals surface area contributed by atoms with E-state index in [-0.39, 0.29) is 5.78 Å². The molecule has 1 fully saturated rings. The zero-order chi connectivity index (χ0) is 13.1. The van der Waals surface area contributed by atoms with Gasteiger partial charge in [-0.1, -0.05) is 26.0 Å². The number of hydrogen-bond acceptors (Lipinski definition) is 2. The van der Waals surface area contributed by atoms with Gasteiger partial charge in [0, 0.05) is 30.3 Å². The lowest BCUT2D eigenvalue weighted by molar-refractivity contribution is 0.0988. The van der Waals surface area contributed by atoms with Gasteiger partial charge in [-0.05, 0) is 37.8 Å². The van der Waals surface area contributed by atoms with Gasteiger partial charge in [0.1, 0.15) is 0 Å². The van der Waals surface area contributed by atoms with Crippen molar-refractivity contribution in [1.29, 1.82) is 0 Å². The summed E-state index contributed by atoms with van der Waals surface area (Å²) in [6.45, 7) is 7.58. The summed E-state index contributed by atoms with van der Waals surface area (Å²) in [4.78, 5) is 14.4. The molecule has 98 valence electrons. The van der Waals surface area contributed by atoms with E-state index in [0.29, 0.717) is 12.5 Å². The van der Waals surface area contributed by atoms with Gasteiger partial charge in [-0.2, -0.15) is 0 Å². The smallest absolute Gasteiger partial charge is 0.164 e. The van der Waals surface area contributed by atoms with E-state index in [1.54, 1.807) is 0 Å². The lowest BCUT2D eigenvalue weighted by Crippen LogP contribution is -2.41. The van der Waals surface area contributed by atoms with E-state index in [0.717, 1.165) is 23.7 Å². The highest BCUT2D eigenvalue weighted by atomic mass is 16.1. The van der Waals surface area contributed by atoms with Gasteiger partial charge in [-0.3, -0.25) is 4.79 Å². The van der Waals surface area contributed by atoms with Crippen LogP contribution >= 0.6 is 0 Å². The molecule has 2 unspecified atom stereocenters. The fraction of sp³-hybridized carbons (Fsp3) is 0.562. The number of nitrogens with zero attached hydrogens (tertiary/aromatic N) is 1. The van der Waals surface area contributed by atoms with Crippen LogP contribution in [0.5, 0.6) is 0 Å². The number of ketones is 1. The van der Waals surface area contributed by atoms with Crippen LogP contribution in [0.4, 0.5) is 5.69 Å². The van der Waals surface area contributed by atoms with E-state index in [2.05, 4.69) is 24.8 Å². The Balaban J connectivity index is 2.30. The highest BCUT2D eigenvalue weighted by Gasteiger charge is 2.25. The van der Waals surface area contributed by atoms with Crippen molar-refractivity contribution in [3.8, 4) is 0 Å². The van der Waals surface area contributed by atoms with Crippen LogP contribution in [0.3, 0.4) is 0 Å². The van der Waals surface area contributed by atoms with Gasteiger partial charge in [0.2, 0.25) is 0 Å². The van der Waals surface area contributed by atoms with Gasteiger partial charge in [0.25, 0.3) is 0 Å². The van der Waals surface area contributed by atoms with Crippen LogP contribution in [0.1, 0.15) is 50.4 Å². The van der Waals surface area contributed by atoms with Crippen molar-refractivity contribution >= 4 is 11.5 Å². The van der Waals surface area contributed by atoms with Crippen molar-refractivity contribution in [2.24, 2.45) is 5.92 Å². The van der Waals surface area contributed by atoms with E-state index in [4.69, 9.17) is 0 Å². The van der Waals surface area contributed by atoms with Crippen LogP contribution < -0.4 is 4.90 Å². The number of hydrogen-bond donors (Lipinski definition) is 0. The summed E-state index contributed by atoms with van der Waals surface area (Å²) in [5, 5.41) is 0. The molecule has 18 heavy (non-hydrogen) atoms. The maximum Gasteiger partial charge on any atom is 0.164 e. The zero-order valence-corrected chi connectivity index (χ0v) is 11.6. The Morgan fingerprint density at radius 3 is 2.72 bits per heavy atom. The van der Waals surface area contributed by atoms with Crippen LogP contribution in [0, 0.1) is 5.92 Å². The van der Waals surface area contributed by atoms with Crippen LogP contribution in [0.15, 0.2) is 24.3 Å². The minimum atomic E-state index is 0.247. The van der Waals surface area contributed by atoms with Crippen LogP contribution in [-0.4, -0.2) is 18.4 Å². The first kappa shape index (κ1) is 13.1. The Labute approximate surface area is 110 Å². The molecule has 1 aliphatic rings. The molecule has 0 radical (unpaired) electrons. The standard InChI is InChI=1S/C16H23NO/c1-4-16(18)14-7-5-6-8-15(14)17-10-9-12(2)11-13(17)3/h5-8,12-13H,4,9-11H2,1-3H3. The predicted molar refractivity (Wildman–Crippen MR) is 76.3 cm³/mol. The van der Waals surface area contributed by atoms with E-state index >= 15 is 0 Å². The number of piperidine rings is 1. The molecule has 0 aromatic heterocycles. The lowest BCUT2D eigenvalue weighted by Gasteiger charge is -2.39. The molecule has 0 aliphatic carbocycles. The van der Waals surface area contributed by atoms with Gasteiger partial charge in [-0.15, -0.1) is 0 Å². The lowest BCUT2D eigenvalue weighted by atomic mass is 9.92. The molecule has 1 saturated heterocycles. The second-order valence-electron chi connectivity index (χ2n) is 5.47. The number of rotatable bonds is 3. The molecule has 0 bridgehead atoms. The normalized spacial score (nSPS) is 24.1. The summed E-state index contributed by atoms with van der Waals surface area (Å²) in [7, 11) is 0. The second-order valence-corrected chi connectivity index (χ2v) is 5.47. The van der Waals surface area contributed by atoms with E-state index < -0.39 is 0 Å². The minimum absolute atomic E-state index is 0.247. The summed E-state index contributed by atoms with van der Waals surface area (Å²) in [6, 6.07) is 8.58. The highest BCUT2D eigenvalue weighted by Crippen LogP contribution is 2.30. The first-order valence-corrected chi connectivity index (χ1v) is 7.02. The summed E-state index contributed by atoms with van der Waals surface area (Å²) < 4.78 is 0. The van der Waals surface area contributed by atoms with Crippen LogP contribution in [-0.2, 0) is 0 Å². The van der Waals surface area contributed by atoms with Crippen molar-refractivity contribution in [1.82, 2.24) is 0 Å². The maximum atomic E-state index is 12.0. The number of benzene rings is 1. The van der Waals surface area contributed by atoms with Crippen LogP contribution in [0.25, 0.3) is 0 Å². The van der Waals surface area contributed by atoms with Gasteiger partial charge < -0.3 is 4.90 Å². The topological polar surface area (TPSA) is 20.3 Å². The number of para-hydroxylation sites is 1. The Morgan fingerprint density at radius 1 is 1.33 bits per heavy atom. The molecule has 0 N–H and O–H groups in total. The molecule has 2 nitrogen and oxygen atoms in total. The van der Waals surface area contributed by atoms with Gasteiger partial charge in [0.05, 0.1) is 0 Å². The molecule has 0 spiro atoms. The van der Waals surface area contributed by atoms with Crippen molar-refractivity contribution in [2.45, 2.75) is 46.1 Å². The Morgan fingerprint density at radius 2 is 2.06 bits per heavy atom. The molecule has 1 aliphatic heterocycles. The number of carbonyl (C=O) groups is 1. The zero-order valence-electron chi connectivity index (χ0n) is 11.6. The molecule has 2 atom stereocenters. The maximum absolute atomic E-state index is 12.0. The first-order chi connectivity index (χ1) is 8.63. The quantitative estimate of drug-likeness (QED) is 0.753. The summed E-state index contributed by atoms with van der Waals surface area (Å²) in [5.74, 6) is 1.04. The molecule has 2 rings (SSSR count). The fourth-order valence-electron chi connectivity index (χ4n) is 2.92. The molecule has 2 heteroatoms. The largest absolute Gasteiger partial charge is 0.368 e. The Bertz CT molecular complexity index is 427. The molecule has 1 aromatic carbocycles. The number of anilines is 1. The Hall–Kier alpha value is -1.31. The third kappa shape index (κ3) is 2.58. The molecule has 1 heterocycles. The predicted octanol–water partition coefficient (Wildman–Crippen LogP) is 3.90. The number of Topliss-reactive ketones (excluding diaryl/α,β-unsaturated/α-hetero) is 1. The summed E-state index contributed by atoms with van der Waals surface area (Å²) in [5.41, 5.74) is 2.02.